The fourth-order valence-corrected chi connectivity index (χ4v) is 5.67. The fourth-order valence-electron chi connectivity index (χ4n) is 3.95. The lowest BCUT2D eigenvalue weighted by molar-refractivity contribution is -0.928. The standard InChI is InChI=1S/C18H25N3O4S/c1-13-10-15(11-19)6-7-16(13)26(24,25)20-8-9-21(17(22)23,14(2)12-20)18(3,4)5/h6-7,10,14H,8-9,12H2,1-5H3/p+1/t14-,21?/m0/s1. The van der Waals surface area contributed by atoms with Crippen molar-refractivity contribution in [1.82, 2.24) is 4.31 Å². The summed E-state index contributed by atoms with van der Waals surface area (Å²) in [5.74, 6) is 0. The summed E-state index contributed by atoms with van der Waals surface area (Å²) in [6.07, 6.45) is -0.934. The van der Waals surface area contributed by atoms with Crippen LogP contribution in [0.15, 0.2) is 23.1 Å². The molecule has 0 aliphatic carbocycles. The number of benzene rings is 1. The first-order chi connectivity index (χ1) is 11.9. The van der Waals surface area contributed by atoms with Crippen LogP contribution in [0.1, 0.15) is 38.8 Å². The minimum absolute atomic E-state index is 0.130. The first kappa shape index (κ1) is 20.4. The highest BCUT2D eigenvalue weighted by Crippen LogP contribution is 2.34. The van der Waals surface area contributed by atoms with E-state index < -0.39 is 27.7 Å². The second-order valence-corrected chi connectivity index (χ2v) is 9.76. The lowest BCUT2D eigenvalue weighted by Crippen LogP contribution is -2.74. The van der Waals surface area contributed by atoms with Crippen LogP contribution in [0.2, 0.25) is 0 Å². The van der Waals surface area contributed by atoms with Crippen molar-refractivity contribution in [3.8, 4) is 6.07 Å². The van der Waals surface area contributed by atoms with Crippen LogP contribution in [0.25, 0.3) is 0 Å². The van der Waals surface area contributed by atoms with Crippen molar-refractivity contribution in [1.29, 1.82) is 5.26 Å². The molecule has 1 aromatic rings. The normalized spacial score (nSPS) is 24.8. The van der Waals surface area contributed by atoms with Gasteiger partial charge in [-0.1, -0.05) is 0 Å². The van der Waals surface area contributed by atoms with Gasteiger partial charge in [0, 0.05) is 0 Å². The van der Waals surface area contributed by atoms with Gasteiger partial charge in [0.1, 0.15) is 18.1 Å². The van der Waals surface area contributed by atoms with E-state index in [1.165, 1.54) is 16.4 Å². The van der Waals surface area contributed by atoms with Gasteiger partial charge < -0.3 is 5.11 Å². The Morgan fingerprint density at radius 3 is 2.42 bits per heavy atom. The van der Waals surface area contributed by atoms with Gasteiger partial charge in [0.15, 0.2) is 0 Å². The zero-order chi connectivity index (χ0) is 19.9. The van der Waals surface area contributed by atoms with Crippen LogP contribution in [0, 0.1) is 18.3 Å². The molecule has 26 heavy (non-hydrogen) atoms. The molecule has 142 valence electrons. The Labute approximate surface area is 155 Å². The van der Waals surface area contributed by atoms with E-state index in [1.807, 2.05) is 26.8 Å². The molecule has 1 N–H and O–H groups in total. The number of amides is 1. The van der Waals surface area contributed by atoms with Crippen molar-refractivity contribution in [2.45, 2.75) is 51.1 Å². The van der Waals surface area contributed by atoms with Gasteiger partial charge in [0.2, 0.25) is 10.0 Å². The van der Waals surface area contributed by atoms with Crippen LogP contribution < -0.4 is 0 Å². The smallest absolute Gasteiger partial charge is 0.435 e. The molecule has 1 heterocycles. The van der Waals surface area contributed by atoms with Gasteiger partial charge in [-0.25, -0.2) is 12.9 Å². The number of carboxylic acid groups (broad SMARTS) is 1. The molecule has 1 saturated heterocycles. The zero-order valence-corrected chi connectivity index (χ0v) is 16.7. The largest absolute Gasteiger partial charge is 0.514 e. The third kappa shape index (κ3) is 3.11. The van der Waals surface area contributed by atoms with E-state index >= 15 is 0 Å². The number of carbonyl (C=O) groups is 1. The Balaban J connectivity index is 2.39. The van der Waals surface area contributed by atoms with Crippen LogP contribution in [0.3, 0.4) is 0 Å². The number of aryl methyl sites for hydroxylation is 1. The molecule has 8 heteroatoms. The highest BCUT2D eigenvalue weighted by Gasteiger charge is 2.55. The van der Waals surface area contributed by atoms with Gasteiger partial charge in [-0.15, -0.1) is 0 Å². The number of nitriles is 1. The van der Waals surface area contributed by atoms with Gasteiger partial charge in [-0.05, 0) is 58.4 Å². The maximum atomic E-state index is 13.1. The van der Waals surface area contributed by atoms with Crippen molar-refractivity contribution in [2.24, 2.45) is 0 Å². The van der Waals surface area contributed by atoms with Gasteiger partial charge in [-0.3, -0.25) is 0 Å². The molecular weight excluding hydrogens is 354 g/mol. The SMILES string of the molecule is Cc1cc(C#N)ccc1S(=O)(=O)N1CC[N+](C(=O)O)(C(C)(C)C)[C@@H](C)C1. The first-order valence-electron chi connectivity index (χ1n) is 8.50. The van der Waals surface area contributed by atoms with Gasteiger partial charge in [-0.2, -0.15) is 14.4 Å². The molecule has 0 bridgehead atoms. The van der Waals surface area contributed by atoms with E-state index in [-0.39, 0.29) is 29.0 Å². The van der Waals surface area contributed by atoms with Crippen LogP contribution in [-0.4, -0.2) is 59.6 Å². The van der Waals surface area contributed by atoms with Crippen molar-refractivity contribution in [2.75, 3.05) is 19.6 Å². The Morgan fingerprint density at radius 2 is 2.00 bits per heavy atom. The minimum atomic E-state index is -3.75. The maximum Gasteiger partial charge on any atom is 0.514 e. The van der Waals surface area contributed by atoms with E-state index in [2.05, 4.69) is 0 Å². The molecule has 1 amide bonds. The summed E-state index contributed by atoms with van der Waals surface area (Å²) in [7, 11) is -3.75. The molecule has 7 nitrogen and oxygen atoms in total. The quantitative estimate of drug-likeness (QED) is 0.795. The van der Waals surface area contributed by atoms with E-state index in [0.717, 1.165) is 0 Å². The van der Waals surface area contributed by atoms with Gasteiger partial charge in [0.25, 0.3) is 0 Å². The molecule has 0 spiro atoms. The summed E-state index contributed by atoms with van der Waals surface area (Å²) in [6.45, 7) is 9.52. The van der Waals surface area contributed by atoms with Crippen LogP contribution in [0.4, 0.5) is 4.79 Å². The second kappa shape index (κ2) is 6.65. The topological polar surface area (TPSA) is 98.5 Å². The van der Waals surface area contributed by atoms with Crippen molar-refractivity contribution in [3.63, 3.8) is 0 Å². The summed E-state index contributed by atoms with van der Waals surface area (Å²) in [5, 5.41) is 18.8. The molecular formula is C18H26N3O4S+. The van der Waals surface area contributed by atoms with Crippen LogP contribution >= 0.6 is 0 Å². The van der Waals surface area contributed by atoms with Gasteiger partial charge >= 0.3 is 6.09 Å². The van der Waals surface area contributed by atoms with E-state index in [1.54, 1.807) is 19.9 Å². The van der Waals surface area contributed by atoms with Crippen molar-refractivity contribution >= 4 is 16.1 Å². The van der Waals surface area contributed by atoms with Crippen LogP contribution in [0.5, 0.6) is 0 Å². The summed E-state index contributed by atoms with van der Waals surface area (Å²) < 4.78 is 27.3. The van der Waals surface area contributed by atoms with Crippen LogP contribution in [-0.2, 0) is 10.0 Å². The lowest BCUT2D eigenvalue weighted by Gasteiger charge is -2.51. The molecule has 2 rings (SSSR count). The maximum absolute atomic E-state index is 13.1. The Hall–Kier alpha value is -1.95. The summed E-state index contributed by atoms with van der Waals surface area (Å²) in [4.78, 5) is 12.2. The average Bonchev–Trinajstić information content (AvgIpc) is 2.52. The zero-order valence-electron chi connectivity index (χ0n) is 15.9. The second-order valence-electron chi connectivity index (χ2n) is 7.85. The molecule has 1 fully saturated rings. The molecule has 2 atom stereocenters. The highest BCUT2D eigenvalue weighted by molar-refractivity contribution is 7.89. The van der Waals surface area contributed by atoms with Crippen molar-refractivity contribution in [3.05, 3.63) is 29.3 Å². The fraction of sp³-hybridized carbons (Fsp3) is 0.556. The molecule has 0 radical (unpaired) electrons. The highest BCUT2D eigenvalue weighted by atomic mass is 32.2. The van der Waals surface area contributed by atoms with Gasteiger partial charge in [0.05, 0.1) is 29.6 Å². The minimum Gasteiger partial charge on any atom is -0.435 e. The van der Waals surface area contributed by atoms with E-state index in [0.29, 0.717) is 11.1 Å². The third-order valence-electron chi connectivity index (χ3n) is 5.38. The average molecular weight is 380 g/mol. The van der Waals surface area contributed by atoms with Crippen molar-refractivity contribution < 1.29 is 22.8 Å². The molecule has 1 unspecified atom stereocenters. The molecule has 0 saturated carbocycles. The Kier molecular flexibility index (Phi) is 5.21. The molecule has 1 aromatic carbocycles. The predicted molar refractivity (Wildman–Crippen MR) is 97.0 cm³/mol. The number of hydrogen-bond donors (Lipinski definition) is 1. The monoisotopic (exact) mass is 380 g/mol. The number of piperazine rings is 1. The molecule has 0 aromatic heterocycles. The third-order valence-corrected chi connectivity index (χ3v) is 7.41. The molecule has 1 aliphatic heterocycles. The summed E-state index contributed by atoms with van der Waals surface area (Å²) in [6, 6.07) is 6.09. The van der Waals surface area contributed by atoms with E-state index in [9.17, 15) is 18.3 Å². The summed E-state index contributed by atoms with van der Waals surface area (Å²) in [5.41, 5.74) is 0.366. The number of hydrogen-bond acceptors (Lipinski definition) is 4. The molecule has 1 aliphatic rings. The number of quaternary nitrogens is 1. The number of nitrogens with zero attached hydrogens (tertiary/aromatic N) is 3. The Morgan fingerprint density at radius 1 is 1.38 bits per heavy atom. The lowest BCUT2D eigenvalue weighted by atomic mass is 9.96. The number of rotatable bonds is 2. The Bertz CT molecular complexity index is 867. The first-order valence-corrected chi connectivity index (χ1v) is 9.94. The predicted octanol–water partition coefficient (Wildman–Crippen LogP) is 2.55. The number of sulfonamides is 1. The van der Waals surface area contributed by atoms with E-state index in [4.69, 9.17) is 5.26 Å². The summed E-state index contributed by atoms with van der Waals surface area (Å²) >= 11 is 0.